The zero-order valence-electron chi connectivity index (χ0n) is 17.2. The highest BCUT2D eigenvalue weighted by Gasteiger charge is 2.41. The number of halogens is 1. The molecule has 3 rings (SSSR count). The van der Waals surface area contributed by atoms with Crippen molar-refractivity contribution in [3.8, 4) is 11.5 Å². The van der Waals surface area contributed by atoms with Crippen molar-refractivity contribution in [3.63, 3.8) is 0 Å². The van der Waals surface area contributed by atoms with Crippen LogP contribution >= 0.6 is 0 Å². The Balaban J connectivity index is 0.00000280. The van der Waals surface area contributed by atoms with E-state index in [1.54, 1.807) is 0 Å². The van der Waals surface area contributed by atoms with Gasteiger partial charge in [0, 0.05) is 25.5 Å². The average Bonchev–Trinajstić information content (AvgIpc) is 2.70. The fourth-order valence-electron chi connectivity index (χ4n) is 3.83. The van der Waals surface area contributed by atoms with Crippen molar-refractivity contribution >= 4 is 0 Å². The van der Waals surface area contributed by atoms with Crippen LogP contribution < -0.4 is 33.5 Å². The van der Waals surface area contributed by atoms with Gasteiger partial charge in [0.2, 0.25) is 0 Å². The fraction of sp³-hybridized carbons (Fsp3) is 0.478. The van der Waals surface area contributed by atoms with Gasteiger partial charge in [-0.1, -0.05) is 42.5 Å². The number of methoxy groups -OCH3 is 1. The van der Waals surface area contributed by atoms with Crippen LogP contribution in [0, 0.1) is 0 Å². The van der Waals surface area contributed by atoms with Gasteiger partial charge in [-0.05, 0) is 19.1 Å². The number of ether oxygens (including phenoxy) is 3. The third-order valence-corrected chi connectivity index (χ3v) is 5.69. The largest absolute Gasteiger partial charge is 1.00 e. The standard InChI is InChI=1S/C23H32NO3.HI/c1-4-26-21-12-8-9-13-22(21)27-19-23(25-3)14-16-24(2,17-15-23)18-20-10-6-5-7-11-20;/h5-13H,4,14-19H2,1-3H3;1H/q+1;/p-1. The monoisotopic (exact) mass is 497 g/mol. The van der Waals surface area contributed by atoms with Gasteiger partial charge >= 0.3 is 0 Å². The molecule has 0 bridgehead atoms. The number of para-hydroxylation sites is 2. The summed E-state index contributed by atoms with van der Waals surface area (Å²) in [7, 11) is 4.16. The summed E-state index contributed by atoms with van der Waals surface area (Å²) < 4.78 is 18.8. The van der Waals surface area contributed by atoms with Crippen LogP contribution in [-0.2, 0) is 11.3 Å². The summed E-state index contributed by atoms with van der Waals surface area (Å²) in [5, 5.41) is 0. The number of hydrogen-bond donors (Lipinski definition) is 0. The van der Waals surface area contributed by atoms with Gasteiger partial charge in [-0.15, -0.1) is 0 Å². The van der Waals surface area contributed by atoms with Crippen LogP contribution in [0.4, 0.5) is 0 Å². The van der Waals surface area contributed by atoms with E-state index in [0.717, 1.165) is 48.5 Å². The molecule has 2 aromatic rings. The molecule has 0 aromatic heterocycles. The SMILES string of the molecule is CCOc1ccccc1OCC1(OC)CC[N+](C)(Cc2ccccc2)CC1.[I-]. The maximum absolute atomic E-state index is 6.15. The number of rotatable bonds is 8. The molecule has 4 nitrogen and oxygen atoms in total. The Hall–Kier alpha value is -1.31. The second-order valence-electron chi connectivity index (χ2n) is 7.77. The second kappa shape index (κ2) is 10.5. The molecule has 1 aliphatic heterocycles. The molecule has 0 unspecified atom stereocenters. The van der Waals surface area contributed by atoms with E-state index in [-0.39, 0.29) is 29.6 Å². The van der Waals surface area contributed by atoms with Gasteiger partial charge in [0.05, 0.1) is 26.7 Å². The lowest BCUT2D eigenvalue weighted by Crippen LogP contribution is -3.00. The number of nitrogens with zero attached hydrogens (tertiary/aromatic N) is 1. The van der Waals surface area contributed by atoms with Gasteiger partial charge in [0.1, 0.15) is 18.8 Å². The summed E-state index contributed by atoms with van der Waals surface area (Å²) >= 11 is 0. The summed E-state index contributed by atoms with van der Waals surface area (Å²) in [6.45, 7) is 6.40. The summed E-state index contributed by atoms with van der Waals surface area (Å²) in [5.41, 5.74) is 1.17. The van der Waals surface area contributed by atoms with Crippen LogP contribution in [0.2, 0.25) is 0 Å². The third-order valence-electron chi connectivity index (χ3n) is 5.69. The topological polar surface area (TPSA) is 27.7 Å². The number of benzene rings is 2. The highest BCUT2D eigenvalue weighted by molar-refractivity contribution is 5.39. The van der Waals surface area contributed by atoms with Crippen LogP contribution in [0.3, 0.4) is 0 Å². The Morgan fingerprint density at radius 3 is 2.04 bits per heavy atom. The molecule has 154 valence electrons. The Kier molecular flexibility index (Phi) is 8.58. The van der Waals surface area contributed by atoms with E-state index in [1.807, 2.05) is 38.3 Å². The molecular formula is C23H32INO3. The van der Waals surface area contributed by atoms with Gasteiger partial charge in [-0.2, -0.15) is 0 Å². The second-order valence-corrected chi connectivity index (χ2v) is 7.77. The van der Waals surface area contributed by atoms with E-state index >= 15 is 0 Å². The average molecular weight is 497 g/mol. The quantitative estimate of drug-likeness (QED) is 0.407. The van der Waals surface area contributed by atoms with Gasteiger partial charge in [-0.3, -0.25) is 0 Å². The minimum absolute atomic E-state index is 0. The van der Waals surface area contributed by atoms with Crippen LogP contribution in [0.1, 0.15) is 25.3 Å². The molecule has 28 heavy (non-hydrogen) atoms. The molecule has 1 saturated heterocycles. The lowest BCUT2D eigenvalue weighted by Gasteiger charge is -2.45. The van der Waals surface area contributed by atoms with Crippen molar-refractivity contribution in [2.75, 3.05) is 40.5 Å². The minimum Gasteiger partial charge on any atom is -1.00 e. The maximum Gasteiger partial charge on any atom is 0.161 e. The molecule has 1 heterocycles. The van der Waals surface area contributed by atoms with E-state index in [9.17, 15) is 0 Å². The Morgan fingerprint density at radius 2 is 1.46 bits per heavy atom. The molecule has 0 spiro atoms. The highest BCUT2D eigenvalue weighted by atomic mass is 127. The fourth-order valence-corrected chi connectivity index (χ4v) is 3.83. The molecular weight excluding hydrogens is 465 g/mol. The lowest BCUT2D eigenvalue weighted by molar-refractivity contribution is -0.929. The summed E-state index contributed by atoms with van der Waals surface area (Å²) in [6, 6.07) is 18.6. The van der Waals surface area contributed by atoms with Gasteiger partial charge in [0.25, 0.3) is 0 Å². The van der Waals surface area contributed by atoms with Gasteiger partial charge in [-0.25, -0.2) is 0 Å². The van der Waals surface area contributed by atoms with Crippen molar-refractivity contribution in [3.05, 3.63) is 60.2 Å². The first-order valence-electron chi connectivity index (χ1n) is 9.85. The highest BCUT2D eigenvalue weighted by Crippen LogP contribution is 2.33. The maximum atomic E-state index is 6.15. The molecule has 2 aromatic carbocycles. The smallest absolute Gasteiger partial charge is 0.161 e. The number of hydrogen-bond acceptors (Lipinski definition) is 3. The molecule has 0 radical (unpaired) electrons. The van der Waals surface area contributed by atoms with Crippen molar-refractivity contribution in [1.29, 1.82) is 0 Å². The van der Waals surface area contributed by atoms with E-state index < -0.39 is 0 Å². The molecule has 1 aliphatic rings. The Morgan fingerprint density at radius 1 is 0.893 bits per heavy atom. The zero-order chi connectivity index (χ0) is 19.2. The number of quaternary nitrogens is 1. The van der Waals surface area contributed by atoms with E-state index in [1.165, 1.54) is 5.56 Å². The first kappa shape index (κ1) is 23.0. The molecule has 0 N–H and O–H groups in total. The van der Waals surface area contributed by atoms with Gasteiger partial charge < -0.3 is 42.7 Å². The predicted octanol–water partition coefficient (Wildman–Crippen LogP) is 1.29. The van der Waals surface area contributed by atoms with E-state index in [2.05, 4.69) is 37.4 Å². The van der Waals surface area contributed by atoms with Crippen LogP contribution in [-0.4, -0.2) is 50.5 Å². The van der Waals surface area contributed by atoms with Gasteiger partial charge in [0.15, 0.2) is 11.5 Å². The number of likely N-dealkylation sites (tertiary alicyclic amines) is 1. The minimum atomic E-state index is -0.228. The summed E-state index contributed by atoms with van der Waals surface area (Å²) in [4.78, 5) is 0. The Bertz CT molecular complexity index is 715. The molecule has 0 saturated carbocycles. The van der Waals surface area contributed by atoms with Crippen molar-refractivity contribution in [1.82, 2.24) is 0 Å². The van der Waals surface area contributed by atoms with Crippen molar-refractivity contribution in [2.24, 2.45) is 0 Å². The van der Waals surface area contributed by atoms with Crippen LogP contribution in [0.15, 0.2) is 54.6 Å². The molecule has 1 fully saturated rings. The normalized spacial score (nSPS) is 24.2. The predicted molar refractivity (Wildman–Crippen MR) is 108 cm³/mol. The molecule has 0 amide bonds. The molecule has 5 heteroatoms. The van der Waals surface area contributed by atoms with Crippen molar-refractivity contribution in [2.45, 2.75) is 31.9 Å². The van der Waals surface area contributed by atoms with Crippen LogP contribution in [0.5, 0.6) is 11.5 Å². The van der Waals surface area contributed by atoms with Crippen molar-refractivity contribution < 1.29 is 42.7 Å². The van der Waals surface area contributed by atoms with E-state index in [0.29, 0.717) is 13.2 Å². The Labute approximate surface area is 186 Å². The zero-order valence-corrected chi connectivity index (χ0v) is 19.4. The third kappa shape index (κ3) is 5.84. The number of piperidine rings is 1. The lowest BCUT2D eigenvalue weighted by atomic mass is 9.90. The summed E-state index contributed by atoms with van der Waals surface area (Å²) in [5.74, 6) is 1.59. The first-order chi connectivity index (χ1) is 13.1. The molecule has 0 atom stereocenters. The first-order valence-corrected chi connectivity index (χ1v) is 9.85. The van der Waals surface area contributed by atoms with E-state index in [4.69, 9.17) is 14.2 Å². The summed E-state index contributed by atoms with van der Waals surface area (Å²) in [6.07, 6.45) is 1.98. The van der Waals surface area contributed by atoms with Crippen LogP contribution in [0.25, 0.3) is 0 Å². The molecule has 0 aliphatic carbocycles.